The first-order chi connectivity index (χ1) is 6.86. The van der Waals surface area contributed by atoms with Crippen molar-refractivity contribution in [1.82, 2.24) is 0 Å². The molecular weight excluding hydrogens is 188 g/mol. The topological polar surface area (TPSA) is 0 Å². The molecule has 0 saturated carbocycles. The van der Waals surface area contributed by atoms with Crippen molar-refractivity contribution in [2.75, 3.05) is 0 Å². The molecule has 0 unspecified atom stereocenters. The summed E-state index contributed by atoms with van der Waals surface area (Å²) >= 11 is 1.80. The van der Waals surface area contributed by atoms with E-state index in [1.807, 2.05) is 27.7 Å². The molecular formula is C13H20S. The molecule has 0 aliphatic rings. The summed E-state index contributed by atoms with van der Waals surface area (Å²) in [7, 11) is 0. The van der Waals surface area contributed by atoms with Crippen LogP contribution < -0.4 is 0 Å². The largest absolute Gasteiger partial charge is 0.144 e. The van der Waals surface area contributed by atoms with Crippen LogP contribution in [0, 0.1) is 6.92 Å². The highest BCUT2D eigenvalue weighted by molar-refractivity contribution is 7.17. The zero-order chi connectivity index (χ0) is 11.0. The fourth-order valence-corrected chi connectivity index (χ4v) is 1.95. The molecule has 0 fully saturated rings. The van der Waals surface area contributed by atoms with Crippen LogP contribution in [0.1, 0.15) is 33.3 Å². The van der Waals surface area contributed by atoms with Crippen LogP contribution in [0.2, 0.25) is 0 Å². The Labute approximate surface area is 91.6 Å². The smallest absolute Gasteiger partial charge is 0.0345 e. The monoisotopic (exact) mass is 208 g/mol. The highest BCUT2D eigenvalue weighted by atomic mass is 32.1. The minimum absolute atomic E-state index is 1.34. The molecule has 0 aliphatic heterocycles. The average molecular weight is 208 g/mol. The maximum Gasteiger partial charge on any atom is 0.0345 e. The quantitative estimate of drug-likeness (QED) is 0.554. The van der Waals surface area contributed by atoms with E-state index in [-0.39, 0.29) is 0 Å². The van der Waals surface area contributed by atoms with Gasteiger partial charge in [0.2, 0.25) is 0 Å². The van der Waals surface area contributed by atoms with Crippen LogP contribution in [0.4, 0.5) is 0 Å². The van der Waals surface area contributed by atoms with Crippen molar-refractivity contribution in [3.05, 3.63) is 35.2 Å². The van der Waals surface area contributed by atoms with Gasteiger partial charge < -0.3 is 0 Å². The van der Waals surface area contributed by atoms with Gasteiger partial charge >= 0.3 is 0 Å². The van der Waals surface area contributed by atoms with Gasteiger partial charge in [0.1, 0.15) is 0 Å². The number of rotatable bonds is 0. The fraction of sp³-hybridized carbons (Fsp3) is 0.385. The van der Waals surface area contributed by atoms with Crippen LogP contribution in [-0.2, 0) is 0 Å². The lowest BCUT2D eigenvalue weighted by Crippen LogP contribution is -1.66. The molecule has 0 amide bonds. The van der Waals surface area contributed by atoms with Crippen LogP contribution in [0.15, 0.2) is 29.6 Å². The van der Waals surface area contributed by atoms with Crippen molar-refractivity contribution in [1.29, 1.82) is 0 Å². The summed E-state index contributed by atoms with van der Waals surface area (Å²) in [6.07, 6.45) is 0. The van der Waals surface area contributed by atoms with E-state index in [9.17, 15) is 0 Å². The van der Waals surface area contributed by atoms with Gasteiger partial charge in [-0.15, -0.1) is 11.3 Å². The Hall–Kier alpha value is -0.820. The number of fused-ring (bicyclic) bond motifs is 1. The second-order valence-electron chi connectivity index (χ2n) is 2.46. The predicted molar refractivity (Wildman–Crippen MR) is 69.3 cm³/mol. The Bertz CT molecular complexity index is 347. The van der Waals surface area contributed by atoms with Gasteiger partial charge in [-0.2, -0.15) is 0 Å². The minimum atomic E-state index is 1.34. The van der Waals surface area contributed by atoms with Crippen LogP contribution >= 0.6 is 11.3 Å². The van der Waals surface area contributed by atoms with Crippen molar-refractivity contribution < 1.29 is 0 Å². The van der Waals surface area contributed by atoms with E-state index in [1.54, 1.807) is 11.3 Å². The zero-order valence-electron chi connectivity index (χ0n) is 9.79. The van der Waals surface area contributed by atoms with Crippen molar-refractivity contribution in [2.24, 2.45) is 0 Å². The van der Waals surface area contributed by atoms with Gasteiger partial charge in [0.15, 0.2) is 0 Å². The first kappa shape index (κ1) is 13.2. The number of aryl methyl sites for hydroxylation is 1. The molecule has 2 aromatic rings. The highest BCUT2D eigenvalue weighted by Crippen LogP contribution is 2.20. The summed E-state index contributed by atoms with van der Waals surface area (Å²) < 4.78 is 1.39. The Balaban J connectivity index is 0.000000379. The molecule has 1 heterocycles. The summed E-state index contributed by atoms with van der Waals surface area (Å²) in [6, 6.07) is 8.69. The lowest BCUT2D eigenvalue weighted by molar-refractivity contribution is 1.50. The van der Waals surface area contributed by atoms with Crippen molar-refractivity contribution in [2.45, 2.75) is 34.6 Å². The van der Waals surface area contributed by atoms with Crippen LogP contribution in [0.3, 0.4) is 0 Å². The van der Waals surface area contributed by atoms with Gasteiger partial charge in [-0.1, -0.05) is 39.8 Å². The van der Waals surface area contributed by atoms with Crippen LogP contribution in [0.5, 0.6) is 0 Å². The van der Waals surface area contributed by atoms with Crippen molar-refractivity contribution in [3.8, 4) is 0 Å². The summed E-state index contributed by atoms with van der Waals surface area (Å²) in [5.74, 6) is 0. The number of hydrogen-bond donors (Lipinski definition) is 0. The third-order valence-electron chi connectivity index (χ3n) is 1.61. The Morgan fingerprint density at radius 2 is 1.57 bits per heavy atom. The number of benzene rings is 1. The van der Waals surface area contributed by atoms with Gasteiger partial charge in [0.05, 0.1) is 0 Å². The normalized spacial score (nSPS) is 8.36. The molecule has 0 saturated heterocycles. The molecule has 0 radical (unpaired) electrons. The molecule has 0 nitrogen and oxygen atoms in total. The van der Waals surface area contributed by atoms with Gasteiger partial charge in [-0.3, -0.25) is 0 Å². The molecule has 1 aromatic carbocycles. The fourth-order valence-electron chi connectivity index (χ4n) is 1.06. The lowest BCUT2D eigenvalue weighted by atomic mass is 10.2. The predicted octanol–water partition coefficient (Wildman–Crippen LogP) is 5.26. The molecule has 0 atom stereocenters. The molecule has 14 heavy (non-hydrogen) atoms. The number of hydrogen-bond acceptors (Lipinski definition) is 1. The minimum Gasteiger partial charge on any atom is -0.144 e. The van der Waals surface area contributed by atoms with Crippen molar-refractivity contribution >= 4 is 21.4 Å². The lowest BCUT2D eigenvalue weighted by Gasteiger charge is -1.89. The summed E-state index contributed by atoms with van der Waals surface area (Å²) in [4.78, 5) is 0. The summed E-state index contributed by atoms with van der Waals surface area (Å²) in [5.41, 5.74) is 1.34. The van der Waals surface area contributed by atoms with Crippen LogP contribution in [-0.4, -0.2) is 0 Å². The third-order valence-corrected chi connectivity index (χ3v) is 2.49. The van der Waals surface area contributed by atoms with Crippen LogP contribution in [0.25, 0.3) is 10.1 Å². The molecule has 1 heteroatoms. The summed E-state index contributed by atoms with van der Waals surface area (Å²) in [6.45, 7) is 10.1. The van der Waals surface area contributed by atoms with Gasteiger partial charge in [-0.25, -0.2) is 0 Å². The molecule has 78 valence electrons. The first-order valence-corrected chi connectivity index (χ1v) is 6.18. The van der Waals surface area contributed by atoms with E-state index in [0.29, 0.717) is 0 Å². The van der Waals surface area contributed by atoms with E-state index < -0.39 is 0 Å². The van der Waals surface area contributed by atoms with E-state index >= 15 is 0 Å². The second-order valence-corrected chi connectivity index (χ2v) is 3.41. The molecule has 0 N–H and O–H groups in total. The molecule has 1 aromatic heterocycles. The second kappa shape index (κ2) is 7.57. The zero-order valence-corrected chi connectivity index (χ0v) is 10.6. The molecule has 0 bridgehead atoms. The van der Waals surface area contributed by atoms with Gasteiger partial charge in [0.25, 0.3) is 0 Å². The Kier molecular flexibility index (Phi) is 7.13. The number of thiophene rings is 1. The molecule has 0 aliphatic carbocycles. The first-order valence-electron chi connectivity index (χ1n) is 5.30. The third kappa shape index (κ3) is 3.51. The standard InChI is InChI=1S/C9H8S.2C2H6/c1-7-2-3-8-4-5-10-9(8)6-7;2*1-2/h2-6H,1H3;2*1-2H3. The Morgan fingerprint density at radius 3 is 2.21 bits per heavy atom. The van der Waals surface area contributed by atoms with E-state index in [2.05, 4.69) is 36.6 Å². The average Bonchev–Trinajstić information content (AvgIpc) is 2.71. The maximum atomic E-state index is 2.22. The van der Waals surface area contributed by atoms with E-state index in [0.717, 1.165) is 0 Å². The highest BCUT2D eigenvalue weighted by Gasteiger charge is 1.91. The summed E-state index contributed by atoms with van der Waals surface area (Å²) in [5, 5.41) is 3.49. The van der Waals surface area contributed by atoms with Crippen molar-refractivity contribution in [3.63, 3.8) is 0 Å². The van der Waals surface area contributed by atoms with Gasteiger partial charge in [0, 0.05) is 4.70 Å². The molecule has 2 rings (SSSR count). The Morgan fingerprint density at radius 1 is 0.929 bits per heavy atom. The maximum absolute atomic E-state index is 2.22. The van der Waals surface area contributed by atoms with E-state index in [1.165, 1.54) is 15.6 Å². The molecule has 0 spiro atoms. The SMILES string of the molecule is CC.CC.Cc1ccc2ccsc2c1. The van der Waals surface area contributed by atoms with E-state index in [4.69, 9.17) is 0 Å². The van der Waals surface area contributed by atoms with Gasteiger partial charge in [-0.05, 0) is 35.4 Å².